The van der Waals surface area contributed by atoms with Crippen molar-refractivity contribution in [1.29, 1.82) is 0 Å². The van der Waals surface area contributed by atoms with E-state index >= 15 is 0 Å². The number of rotatable bonds is 12. The van der Waals surface area contributed by atoms with E-state index < -0.39 is 0 Å². The van der Waals surface area contributed by atoms with Gasteiger partial charge < -0.3 is 4.90 Å². The van der Waals surface area contributed by atoms with Gasteiger partial charge in [0.1, 0.15) is 5.03 Å². The summed E-state index contributed by atoms with van der Waals surface area (Å²) in [4.78, 5) is 48.0. The quantitative estimate of drug-likeness (QED) is 0.117. The molecule has 2 amide bonds. The van der Waals surface area contributed by atoms with E-state index in [0.717, 1.165) is 30.0 Å². The van der Waals surface area contributed by atoms with E-state index in [0.29, 0.717) is 15.7 Å². The standard InChI is InChI=1S/C27H31N5O3S2/c1-4-32(5-2)22-13-11-21(12-14-22)23(33)17-37-27-28-19(3)15-26(29-27)36-18-25(35)31-30-24(34)16-20-9-7-6-8-10-20/h6-15H,4-5,16-18H2,1-3H3,(H,30,34)(H,31,35). The summed E-state index contributed by atoms with van der Waals surface area (Å²) in [6.45, 7) is 7.87. The minimum atomic E-state index is -0.347. The van der Waals surface area contributed by atoms with Crippen molar-refractivity contribution >= 4 is 46.8 Å². The first kappa shape index (κ1) is 28.2. The zero-order chi connectivity index (χ0) is 26.6. The Balaban J connectivity index is 1.47. The number of carbonyl (C=O) groups is 3. The highest BCUT2D eigenvalue weighted by molar-refractivity contribution is 8.00. The van der Waals surface area contributed by atoms with Gasteiger partial charge in [0.15, 0.2) is 10.9 Å². The molecule has 0 atom stereocenters. The van der Waals surface area contributed by atoms with Gasteiger partial charge in [-0.05, 0) is 56.7 Å². The van der Waals surface area contributed by atoms with Gasteiger partial charge in [-0.3, -0.25) is 25.2 Å². The highest BCUT2D eigenvalue weighted by atomic mass is 32.2. The molecule has 0 bridgehead atoms. The number of thioether (sulfide) groups is 2. The average molecular weight is 538 g/mol. The Bertz CT molecular complexity index is 1200. The summed E-state index contributed by atoms with van der Waals surface area (Å²) in [5, 5.41) is 1.10. The first-order valence-electron chi connectivity index (χ1n) is 12.0. The van der Waals surface area contributed by atoms with Crippen LogP contribution < -0.4 is 15.8 Å². The fourth-order valence-corrected chi connectivity index (χ4v) is 5.06. The average Bonchev–Trinajstić information content (AvgIpc) is 2.91. The minimum absolute atomic E-state index is 0.000952. The summed E-state index contributed by atoms with van der Waals surface area (Å²) in [5.41, 5.74) is 8.20. The lowest BCUT2D eigenvalue weighted by Crippen LogP contribution is -2.43. The van der Waals surface area contributed by atoms with Crippen LogP contribution in [0.2, 0.25) is 0 Å². The zero-order valence-corrected chi connectivity index (χ0v) is 22.8. The lowest BCUT2D eigenvalue weighted by atomic mass is 10.1. The second kappa shape index (κ2) is 14.4. The fraction of sp³-hybridized carbons (Fsp3) is 0.296. The second-order valence-corrected chi connectivity index (χ2v) is 10.0. The Kier molecular flexibility index (Phi) is 11.0. The number of hydrazine groups is 1. The summed E-state index contributed by atoms with van der Waals surface area (Å²) >= 11 is 2.50. The SMILES string of the molecule is CCN(CC)c1ccc(C(=O)CSc2nc(C)cc(SCC(=O)NNC(=O)Cc3ccccc3)n2)cc1. The largest absolute Gasteiger partial charge is 0.372 e. The molecule has 0 radical (unpaired) electrons. The van der Waals surface area contributed by atoms with Gasteiger partial charge >= 0.3 is 0 Å². The topological polar surface area (TPSA) is 104 Å². The molecule has 1 aromatic heterocycles. The van der Waals surface area contributed by atoms with Gasteiger partial charge in [-0.1, -0.05) is 53.9 Å². The molecule has 0 aliphatic carbocycles. The molecule has 0 unspecified atom stereocenters. The fourth-order valence-electron chi connectivity index (χ4n) is 3.45. The van der Waals surface area contributed by atoms with E-state index in [1.807, 2.05) is 61.5 Å². The van der Waals surface area contributed by atoms with Crippen LogP contribution >= 0.6 is 23.5 Å². The molecule has 0 saturated heterocycles. The van der Waals surface area contributed by atoms with E-state index in [1.165, 1.54) is 23.5 Å². The van der Waals surface area contributed by atoms with Gasteiger partial charge in [-0.15, -0.1) is 0 Å². The van der Waals surface area contributed by atoms with E-state index in [-0.39, 0.29) is 35.5 Å². The number of aryl methyl sites for hydroxylation is 1. The molecule has 0 aliphatic rings. The molecule has 37 heavy (non-hydrogen) atoms. The molecule has 0 aliphatic heterocycles. The van der Waals surface area contributed by atoms with Crippen molar-refractivity contribution in [2.75, 3.05) is 29.5 Å². The van der Waals surface area contributed by atoms with E-state index in [9.17, 15) is 14.4 Å². The molecule has 2 N–H and O–H groups in total. The van der Waals surface area contributed by atoms with Gasteiger partial charge in [-0.25, -0.2) is 9.97 Å². The normalized spacial score (nSPS) is 10.6. The number of hydrogen-bond acceptors (Lipinski definition) is 8. The smallest absolute Gasteiger partial charge is 0.248 e. The number of ketones is 1. The Hall–Kier alpha value is -3.37. The van der Waals surface area contributed by atoms with Gasteiger partial charge in [0.25, 0.3) is 0 Å². The van der Waals surface area contributed by atoms with Crippen molar-refractivity contribution in [3.8, 4) is 0 Å². The van der Waals surface area contributed by atoms with Crippen LogP contribution in [0.5, 0.6) is 0 Å². The van der Waals surface area contributed by atoms with Crippen molar-refractivity contribution in [1.82, 2.24) is 20.8 Å². The van der Waals surface area contributed by atoms with Crippen LogP contribution in [0.4, 0.5) is 5.69 Å². The van der Waals surface area contributed by atoms with E-state index in [4.69, 9.17) is 0 Å². The van der Waals surface area contributed by atoms with Crippen LogP contribution in [0.25, 0.3) is 0 Å². The van der Waals surface area contributed by atoms with Gasteiger partial charge in [0, 0.05) is 30.0 Å². The highest BCUT2D eigenvalue weighted by Gasteiger charge is 2.12. The molecule has 2 aromatic carbocycles. The molecule has 3 rings (SSSR count). The molecule has 1 heterocycles. The maximum Gasteiger partial charge on any atom is 0.248 e. The molecular formula is C27H31N5O3S2. The third-order valence-corrected chi connectivity index (χ3v) is 7.12. The number of amides is 2. The van der Waals surface area contributed by atoms with Gasteiger partial charge in [-0.2, -0.15) is 0 Å². The van der Waals surface area contributed by atoms with Crippen LogP contribution in [0.15, 0.2) is 70.8 Å². The monoisotopic (exact) mass is 537 g/mol. The second-order valence-electron chi connectivity index (χ2n) is 8.11. The predicted molar refractivity (Wildman–Crippen MR) is 149 cm³/mol. The number of Topliss-reactive ketones (excluding diaryl/α,β-unsaturated/α-hetero) is 1. The predicted octanol–water partition coefficient (Wildman–Crippen LogP) is 4.09. The molecule has 8 nitrogen and oxygen atoms in total. The number of carbonyl (C=O) groups excluding carboxylic acids is 3. The van der Waals surface area contributed by atoms with Gasteiger partial charge in [0.05, 0.1) is 17.9 Å². The Labute approximate surface area is 226 Å². The van der Waals surface area contributed by atoms with Crippen LogP contribution in [0, 0.1) is 6.92 Å². The number of anilines is 1. The summed E-state index contributed by atoms with van der Waals surface area (Å²) in [6.07, 6.45) is 0.179. The number of nitrogens with one attached hydrogen (secondary N) is 2. The third kappa shape index (κ3) is 9.22. The highest BCUT2D eigenvalue weighted by Crippen LogP contribution is 2.22. The van der Waals surface area contributed by atoms with Crippen molar-refractivity contribution in [2.24, 2.45) is 0 Å². The summed E-state index contributed by atoms with van der Waals surface area (Å²) in [6, 6.07) is 18.7. The van der Waals surface area contributed by atoms with Gasteiger partial charge in [0.2, 0.25) is 11.8 Å². The van der Waals surface area contributed by atoms with Crippen LogP contribution in [-0.4, -0.2) is 52.2 Å². The number of hydrogen-bond donors (Lipinski definition) is 2. The van der Waals surface area contributed by atoms with Crippen molar-refractivity contribution < 1.29 is 14.4 Å². The maximum atomic E-state index is 12.7. The summed E-state index contributed by atoms with van der Waals surface area (Å²) in [5.74, 6) is -0.356. The number of aromatic nitrogens is 2. The Morgan fingerprint density at radius 3 is 2.19 bits per heavy atom. The molecule has 10 heteroatoms. The van der Waals surface area contributed by atoms with Crippen LogP contribution in [0.3, 0.4) is 0 Å². The Morgan fingerprint density at radius 2 is 1.51 bits per heavy atom. The molecule has 0 spiro atoms. The molecule has 194 valence electrons. The minimum Gasteiger partial charge on any atom is -0.372 e. The lowest BCUT2D eigenvalue weighted by Gasteiger charge is -2.20. The first-order valence-corrected chi connectivity index (χ1v) is 14.0. The summed E-state index contributed by atoms with van der Waals surface area (Å²) < 4.78 is 0. The van der Waals surface area contributed by atoms with Crippen LogP contribution in [0.1, 0.15) is 35.5 Å². The lowest BCUT2D eigenvalue weighted by molar-refractivity contribution is -0.127. The Morgan fingerprint density at radius 1 is 0.838 bits per heavy atom. The van der Waals surface area contributed by atoms with Crippen LogP contribution in [-0.2, 0) is 16.0 Å². The molecule has 0 fully saturated rings. The summed E-state index contributed by atoms with van der Waals surface area (Å²) in [7, 11) is 0. The molecular weight excluding hydrogens is 506 g/mol. The third-order valence-electron chi connectivity index (χ3n) is 5.36. The van der Waals surface area contributed by atoms with E-state index in [2.05, 4.69) is 39.6 Å². The van der Waals surface area contributed by atoms with Crippen molar-refractivity contribution in [3.05, 3.63) is 77.5 Å². The maximum absolute atomic E-state index is 12.7. The molecule has 3 aromatic rings. The van der Waals surface area contributed by atoms with Crippen molar-refractivity contribution in [3.63, 3.8) is 0 Å². The zero-order valence-electron chi connectivity index (χ0n) is 21.2. The van der Waals surface area contributed by atoms with E-state index in [1.54, 1.807) is 6.07 Å². The number of benzene rings is 2. The first-order chi connectivity index (χ1) is 17.9. The number of nitrogens with zero attached hydrogens (tertiary/aromatic N) is 3. The van der Waals surface area contributed by atoms with Crippen molar-refractivity contribution in [2.45, 2.75) is 37.4 Å². The molecule has 0 saturated carbocycles.